The molecule has 3 rings (SSSR count). The van der Waals surface area contributed by atoms with E-state index in [9.17, 15) is 14.7 Å². The van der Waals surface area contributed by atoms with Crippen LogP contribution in [-0.4, -0.2) is 26.9 Å². The zero-order chi connectivity index (χ0) is 17.1. The Kier molecular flexibility index (Phi) is 4.73. The minimum Gasteiger partial charge on any atom is -0.388 e. The lowest BCUT2D eigenvalue weighted by atomic mass is 10.1. The molecule has 0 radical (unpaired) electrons. The summed E-state index contributed by atoms with van der Waals surface area (Å²) >= 11 is 1.39. The number of carbonyl (C=O) groups excluding carboxylic acids is 1. The fraction of sp³-hybridized carbons (Fsp3) is 0.235. The van der Waals surface area contributed by atoms with Crippen molar-refractivity contribution in [3.8, 4) is 0 Å². The molecule has 1 unspecified atom stereocenters. The molecule has 0 aliphatic heterocycles. The number of hydrogen-bond donors (Lipinski definition) is 2. The van der Waals surface area contributed by atoms with Gasteiger partial charge in [-0.3, -0.25) is 14.0 Å². The van der Waals surface area contributed by atoms with E-state index in [-0.39, 0.29) is 17.7 Å². The van der Waals surface area contributed by atoms with Crippen molar-refractivity contribution < 1.29 is 9.90 Å². The number of aromatic nitrogens is 2. The van der Waals surface area contributed by atoms with Crippen molar-refractivity contribution in [3.05, 3.63) is 69.1 Å². The third-order valence-corrected chi connectivity index (χ3v) is 4.57. The average molecular weight is 343 g/mol. The summed E-state index contributed by atoms with van der Waals surface area (Å²) in [5.41, 5.74) is 0.411. The lowest BCUT2D eigenvalue weighted by Crippen LogP contribution is -2.32. The van der Waals surface area contributed by atoms with E-state index in [1.807, 2.05) is 37.3 Å². The fourth-order valence-electron chi connectivity index (χ4n) is 2.41. The van der Waals surface area contributed by atoms with E-state index in [2.05, 4.69) is 10.3 Å². The smallest absolute Gasteiger partial charge is 0.271 e. The van der Waals surface area contributed by atoms with E-state index in [0.717, 1.165) is 10.4 Å². The maximum Gasteiger partial charge on any atom is 0.271 e. The van der Waals surface area contributed by atoms with Crippen LogP contribution in [0, 0.1) is 6.92 Å². The fourth-order valence-corrected chi connectivity index (χ4v) is 3.20. The molecule has 0 fully saturated rings. The summed E-state index contributed by atoms with van der Waals surface area (Å²) in [6, 6.07) is 9.23. The predicted octanol–water partition coefficient (Wildman–Crippen LogP) is 1.92. The second-order valence-corrected chi connectivity index (χ2v) is 6.66. The van der Waals surface area contributed by atoms with Gasteiger partial charge in [-0.05, 0) is 18.9 Å². The molecule has 3 aromatic rings. The Morgan fingerprint density at radius 3 is 2.88 bits per heavy atom. The van der Waals surface area contributed by atoms with Gasteiger partial charge in [0.1, 0.15) is 5.56 Å². The van der Waals surface area contributed by atoms with Gasteiger partial charge in [0.25, 0.3) is 11.5 Å². The predicted molar refractivity (Wildman–Crippen MR) is 92.4 cm³/mol. The SMILES string of the molecule is Cc1cn2c(=O)c(C(=O)NCCC(O)c3ccccc3)cnc2s1. The molecule has 0 bridgehead atoms. The zero-order valence-corrected chi connectivity index (χ0v) is 13.9. The Bertz CT molecular complexity index is 918. The molecule has 1 atom stereocenters. The first kappa shape index (κ1) is 16.4. The van der Waals surface area contributed by atoms with Gasteiger partial charge in [-0.2, -0.15) is 0 Å². The van der Waals surface area contributed by atoms with Crippen LogP contribution in [0.25, 0.3) is 4.96 Å². The van der Waals surface area contributed by atoms with Crippen LogP contribution in [0.4, 0.5) is 0 Å². The number of aliphatic hydroxyl groups is 1. The maximum atomic E-state index is 12.3. The van der Waals surface area contributed by atoms with Gasteiger partial charge < -0.3 is 10.4 Å². The van der Waals surface area contributed by atoms with E-state index < -0.39 is 12.0 Å². The highest BCUT2D eigenvalue weighted by molar-refractivity contribution is 7.16. The summed E-state index contributed by atoms with van der Waals surface area (Å²) in [7, 11) is 0. The van der Waals surface area contributed by atoms with Crippen molar-refractivity contribution in [3.63, 3.8) is 0 Å². The van der Waals surface area contributed by atoms with Crippen molar-refractivity contribution in [1.29, 1.82) is 0 Å². The van der Waals surface area contributed by atoms with Gasteiger partial charge in [0.15, 0.2) is 4.96 Å². The highest BCUT2D eigenvalue weighted by Gasteiger charge is 2.15. The highest BCUT2D eigenvalue weighted by atomic mass is 32.1. The summed E-state index contributed by atoms with van der Waals surface area (Å²) in [6.07, 6.45) is 2.68. The van der Waals surface area contributed by atoms with Gasteiger partial charge in [-0.1, -0.05) is 30.3 Å². The normalized spacial score (nSPS) is 12.2. The third-order valence-electron chi connectivity index (χ3n) is 3.65. The standard InChI is InChI=1S/C17H17N3O3S/c1-11-10-20-16(23)13(9-19-17(20)24-11)15(22)18-8-7-14(21)12-5-3-2-4-6-12/h2-6,9-10,14,21H,7-8H2,1H3,(H,18,22). The number of hydrogen-bond acceptors (Lipinski definition) is 5. The molecule has 0 spiro atoms. The summed E-state index contributed by atoms with van der Waals surface area (Å²) in [6.45, 7) is 2.14. The van der Waals surface area contributed by atoms with Gasteiger partial charge >= 0.3 is 0 Å². The van der Waals surface area contributed by atoms with Crippen LogP contribution in [-0.2, 0) is 0 Å². The van der Waals surface area contributed by atoms with E-state index in [1.54, 1.807) is 6.20 Å². The van der Waals surface area contributed by atoms with Crippen molar-refractivity contribution in [2.45, 2.75) is 19.4 Å². The number of thiazole rings is 1. The lowest BCUT2D eigenvalue weighted by Gasteiger charge is -2.11. The molecule has 24 heavy (non-hydrogen) atoms. The zero-order valence-electron chi connectivity index (χ0n) is 13.1. The molecular formula is C17H17N3O3S. The number of benzene rings is 1. The number of amides is 1. The molecule has 7 heteroatoms. The molecule has 1 aromatic carbocycles. The number of nitrogens with one attached hydrogen (secondary N) is 1. The van der Waals surface area contributed by atoms with E-state index >= 15 is 0 Å². The molecule has 6 nitrogen and oxygen atoms in total. The van der Waals surface area contributed by atoms with Gasteiger partial charge in [0.2, 0.25) is 0 Å². The number of rotatable bonds is 5. The lowest BCUT2D eigenvalue weighted by molar-refractivity contribution is 0.0940. The van der Waals surface area contributed by atoms with Crippen LogP contribution < -0.4 is 10.9 Å². The number of nitrogens with zero attached hydrogens (tertiary/aromatic N) is 2. The van der Waals surface area contributed by atoms with Gasteiger partial charge in [0, 0.05) is 23.8 Å². The molecule has 124 valence electrons. The number of carbonyl (C=O) groups is 1. The van der Waals surface area contributed by atoms with Crippen LogP contribution in [0.15, 0.2) is 47.5 Å². The Hall–Kier alpha value is -2.51. The van der Waals surface area contributed by atoms with Crippen molar-refractivity contribution in [1.82, 2.24) is 14.7 Å². The number of aliphatic hydroxyl groups excluding tert-OH is 1. The first-order chi connectivity index (χ1) is 11.6. The maximum absolute atomic E-state index is 12.3. The Morgan fingerprint density at radius 2 is 2.12 bits per heavy atom. The average Bonchev–Trinajstić information content (AvgIpc) is 2.97. The Morgan fingerprint density at radius 1 is 1.38 bits per heavy atom. The molecule has 0 aliphatic rings. The highest BCUT2D eigenvalue weighted by Crippen LogP contribution is 2.15. The monoisotopic (exact) mass is 343 g/mol. The van der Waals surface area contributed by atoms with Crippen LogP contribution in [0.3, 0.4) is 0 Å². The van der Waals surface area contributed by atoms with Crippen LogP contribution in [0.1, 0.15) is 33.3 Å². The summed E-state index contributed by atoms with van der Waals surface area (Å²) < 4.78 is 1.38. The number of fused-ring (bicyclic) bond motifs is 1. The van der Waals surface area contributed by atoms with Gasteiger partial charge in [0.05, 0.1) is 6.10 Å². The first-order valence-corrected chi connectivity index (χ1v) is 8.37. The molecular weight excluding hydrogens is 326 g/mol. The summed E-state index contributed by atoms with van der Waals surface area (Å²) in [5.74, 6) is -0.481. The molecule has 0 saturated carbocycles. The second-order valence-electron chi connectivity index (χ2n) is 5.44. The molecule has 0 saturated heterocycles. The van der Waals surface area contributed by atoms with E-state index in [4.69, 9.17) is 0 Å². The minimum absolute atomic E-state index is 0.000462. The molecule has 0 aliphatic carbocycles. The van der Waals surface area contributed by atoms with Crippen LogP contribution in [0.5, 0.6) is 0 Å². The van der Waals surface area contributed by atoms with Gasteiger partial charge in [-0.15, -0.1) is 11.3 Å². The summed E-state index contributed by atoms with van der Waals surface area (Å²) in [4.78, 5) is 30.2. The van der Waals surface area contributed by atoms with Crippen molar-refractivity contribution in [2.75, 3.05) is 6.54 Å². The molecule has 2 heterocycles. The van der Waals surface area contributed by atoms with Gasteiger partial charge in [-0.25, -0.2) is 4.98 Å². The Balaban J connectivity index is 1.65. The molecule has 1 amide bonds. The minimum atomic E-state index is -0.660. The molecule has 2 N–H and O–H groups in total. The quantitative estimate of drug-likeness (QED) is 0.741. The Labute approximate surface area is 142 Å². The summed E-state index contributed by atoms with van der Waals surface area (Å²) in [5, 5.41) is 12.7. The molecule has 2 aromatic heterocycles. The van der Waals surface area contributed by atoms with Crippen molar-refractivity contribution >= 4 is 22.2 Å². The van der Waals surface area contributed by atoms with Crippen LogP contribution >= 0.6 is 11.3 Å². The largest absolute Gasteiger partial charge is 0.388 e. The van der Waals surface area contributed by atoms with E-state index in [0.29, 0.717) is 11.4 Å². The van der Waals surface area contributed by atoms with E-state index in [1.165, 1.54) is 21.9 Å². The van der Waals surface area contributed by atoms with Crippen molar-refractivity contribution in [2.24, 2.45) is 0 Å². The third kappa shape index (κ3) is 3.37. The second kappa shape index (κ2) is 6.94. The first-order valence-electron chi connectivity index (χ1n) is 7.55. The van der Waals surface area contributed by atoms with Crippen LogP contribution in [0.2, 0.25) is 0 Å². The topological polar surface area (TPSA) is 83.7 Å². The number of aryl methyl sites for hydroxylation is 1.